The van der Waals surface area contributed by atoms with Gasteiger partial charge in [-0.05, 0) is 24.3 Å². The molecule has 1 aliphatic heterocycles. The van der Waals surface area contributed by atoms with E-state index >= 15 is 0 Å². The molecule has 1 heterocycles. The normalized spacial score (nSPS) is 12.8. The SMILES string of the molecule is CN(C(=O)c1cccc2c1NCCN2)c1ccccc1. The highest BCUT2D eigenvalue weighted by Gasteiger charge is 2.20. The van der Waals surface area contributed by atoms with Crippen LogP contribution < -0.4 is 15.5 Å². The topological polar surface area (TPSA) is 44.4 Å². The van der Waals surface area contributed by atoms with E-state index in [4.69, 9.17) is 0 Å². The molecule has 4 heteroatoms. The fourth-order valence-corrected chi connectivity index (χ4v) is 2.40. The van der Waals surface area contributed by atoms with Crippen molar-refractivity contribution in [2.75, 3.05) is 35.7 Å². The molecule has 0 unspecified atom stereocenters. The zero-order chi connectivity index (χ0) is 13.9. The lowest BCUT2D eigenvalue weighted by molar-refractivity contribution is 0.0994. The molecule has 0 aromatic heterocycles. The molecular formula is C16H17N3O. The van der Waals surface area contributed by atoms with Crippen LogP contribution in [0.1, 0.15) is 10.4 Å². The van der Waals surface area contributed by atoms with Gasteiger partial charge in [0, 0.05) is 25.8 Å². The van der Waals surface area contributed by atoms with Gasteiger partial charge < -0.3 is 15.5 Å². The molecule has 0 fully saturated rings. The maximum absolute atomic E-state index is 12.7. The number of hydrogen-bond acceptors (Lipinski definition) is 3. The van der Waals surface area contributed by atoms with Gasteiger partial charge in [0.05, 0.1) is 16.9 Å². The predicted molar refractivity (Wildman–Crippen MR) is 82.6 cm³/mol. The highest BCUT2D eigenvalue weighted by molar-refractivity contribution is 6.11. The Hall–Kier alpha value is -2.49. The Kier molecular flexibility index (Phi) is 3.29. The Morgan fingerprint density at radius 1 is 1.00 bits per heavy atom. The second-order valence-corrected chi connectivity index (χ2v) is 4.78. The molecule has 0 bridgehead atoms. The largest absolute Gasteiger partial charge is 0.382 e. The lowest BCUT2D eigenvalue weighted by atomic mass is 10.1. The summed E-state index contributed by atoms with van der Waals surface area (Å²) in [5.74, 6) is -0.00995. The van der Waals surface area contributed by atoms with Crippen molar-refractivity contribution in [2.45, 2.75) is 0 Å². The molecule has 0 radical (unpaired) electrons. The average Bonchev–Trinajstić information content (AvgIpc) is 2.54. The summed E-state index contributed by atoms with van der Waals surface area (Å²) in [6.45, 7) is 1.70. The summed E-state index contributed by atoms with van der Waals surface area (Å²) in [6, 6.07) is 15.4. The fraction of sp³-hybridized carbons (Fsp3) is 0.188. The molecule has 1 amide bonds. The zero-order valence-electron chi connectivity index (χ0n) is 11.4. The Bertz CT molecular complexity index is 625. The summed E-state index contributed by atoms with van der Waals surface area (Å²) in [5, 5.41) is 6.61. The van der Waals surface area contributed by atoms with Crippen molar-refractivity contribution in [1.82, 2.24) is 0 Å². The number of amides is 1. The molecule has 3 rings (SSSR count). The maximum atomic E-state index is 12.7. The summed E-state index contributed by atoms with van der Waals surface area (Å²) < 4.78 is 0. The second-order valence-electron chi connectivity index (χ2n) is 4.78. The number of nitrogens with zero attached hydrogens (tertiary/aromatic N) is 1. The van der Waals surface area contributed by atoms with E-state index in [1.807, 2.05) is 48.5 Å². The molecule has 0 aliphatic carbocycles. The van der Waals surface area contributed by atoms with E-state index < -0.39 is 0 Å². The zero-order valence-corrected chi connectivity index (χ0v) is 11.4. The molecule has 2 aromatic carbocycles. The fourth-order valence-electron chi connectivity index (χ4n) is 2.40. The van der Waals surface area contributed by atoms with Gasteiger partial charge in [0.2, 0.25) is 0 Å². The molecule has 0 spiro atoms. The summed E-state index contributed by atoms with van der Waals surface area (Å²) in [5.41, 5.74) is 3.47. The number of para-hydroxylation sites is 2. The molecule has 102 valence electrons. The predicted octanol–water partition coefficient (Wildman–Crippen LogP) is 2.80. The Morgan fingerprint density at radius 3 is 2.55 bits per heavy atom. The molecule has 0 atom stereocenters. The van der Waals surface area contributed by atoms with Crippen molar-refractivity contribution in [3.63, 3.8) is 0 Å². The van der Waals surface area contributed by atoms with Crippen LogP contribution in [0.4, 0.5) is 17.1 Å². The molecule has 1 aliphatic rings. The van der Waals surface area contributed by atoms with E-state index in [0.717, 1.165) is 30.2 Å². The Labute approximate surface area is 118 Å². The smallest absolute Gasteiger partial charge is 0.260 e. The summed E-state index contributed by atoms with van der Waals surface area (Å²) in [4.78, 5) is 14.3. The molecular weight excluding hydrogens is 250 g/mol. The lowest BCUT2D eigenvalue weighted by Crippen LogP contribution is -2.29. The van der Waals surface area contributed by atoms with Crippen LogP contribution >= 0.6 is 0 Å². The first-order valence-electron chi connectivity index (χ1n) is 6.71. The van der Waals surface area contributed by atoms with E-state index in [0.29, 0.717) is 5.56 Å². The first-order chi connectivity index (χ1) is 9.77. The number of hydrogen-bond donors (Lipinski definition) is 2. The number of anilines is 3. The number of carbonyl (C=O) groups is 1. The van der Waals surface area contributed by atoms with Crippen molar-refractivity contribution < 1.29 is 4.79 Å². The minimum absolute atomic E-state index is 0.00995. The van der Waals surface area contributed by atoms with Crippen LogP contribution in [0.5, 0.6) is 0 Å². The lowest BCUT2D eigenvalue weighted by Gasteiger charge is -2.24. The number of fused-ring (bicyclic) bond motifs is 1. The Morgan fingerprint density at radius 2 is 1.75 bits per heavy atom. The van der Waals surface area contributed by atoms with E-state index in [1.54, 1.807) is 11.9 Å². The molecule has 2 N–H and O–H groups in total. The standard InChI is InChI=1S/C16H17N3O/c1-19(12-6-3-2-4-7-12)16(20)13-8-5-9-14-15(13)18-11-10-17-14/h2-9,17-18H,10-11H2,1H3. The van der Waals surface area contributed by atoms with E-state index in [2.05, 4.69) is 10.6 Å². The second kappa shape index (κ2) is 5.25. The number of rotatable bonds is 2. The van der Waals surface area contributed by atoms with Gasteiger partial charge in [-0.25, -0.2) is 0 Å². The van der Waals surface area contributed by atoms with Crippen molar-refractivity contribution in [2.24, 2.45) is 0 Å². The van der Waals surface area contributed by atoms with E-state index in [9.17, 15) is 4.79 Å². The number of benzene rings is 2. The van der Waals surface area contributed by atoms with Crippen LogP contribution in [0.2, 0.25) is 0 Å². The third-order valence-electron chi connectivity index (χ3n) is 3.49. The number of nitrogens with one attached hydrogen (secondary N) is 2. The Balaban J connectivity index is 1.95. The monoisotopic (exact) mass is 267 g/mol. The van der Waals surface area contributed by atoms with E-state index in [-0.39, 0.29) is 5.91 Å². The van der Waals surface area contributed by atoms with Gasteiger partial charge in [0.25, 0.3) is 5.91 Å². The molecule has 0 saturated carbocycles. The van der Waals surface area contributed by atoms with Gasteiger partial charge in [-0.3, -0.25) is 4.79 Å². The highest BCUT2D eigenvalue weighted by atomic mass is 16.2. The van der Waals surface area contributed by atoms with Crippen LogP contribution in [0.3, 0.4) is 0 Å². The van der Waals surface area contributed by atoms with Gasteiger partial charge in [0.1, 0.15) is 0 Å². The first-order valence-corrected chi connectivity index (χ1v) is 6.71. The van der Waals surface area contributed by atoms with Crippen molar-refractivity contribution in [3.05, 3.63) is 54.1 Å². The van der Waals surface area contributed by atoms with Crippen molar-refractivity contribution in [3.8, 4) is 0 Å². The molecule has 2 aromatic rings. The molecule has 20 heavy (non-hydrogen) atoms. The average molecular weight is 267 g/mol. The summed E-state index contributed by atoms with van der Waals surface area (Å²) in [6.07, 6.45) is 0. The van der Waals surface area contributed by atoms with Crippen LogP contribution in [0.25, 0.3) is 0 Å². The van der Waals surface area contributed by atoms with Gasteiger partial charge in [0.15, 0.2) is 0 Å². The van der Waals surface area contributed by atoms with Crippen LogP contribution in [0, 0.1) is 0 Å². The van der Waals surface area contributed by atoms with Crippen molar-refractivity contribution >= 4 is 23.0 Å². The highest BCUT2D eigenvalue weighted by Crippen LogP contribution is 2.29. The van der Waals surface area contributed by atoms with Gasteiger partial charge in [-0.2, -0.15) is 0 Å². The maximum Gasteiger partial charge on any atom is 0.260 e. The third kappa shape index (κ3) is 2.20. The van der Waals surface area contributed by atoms with Crippen LogP contribution in [-0.2, 0) is 0 Å². The summed E-state index contributed by atoms with van der Waals surface area (Å²) >= 11 is 0. The van der Waals surface area contributed by atoms with Crippen LogP contribution in [0.15, 0.2) is 48.5 Å². The van der Waals surface area contributed by atoms with Gasteiger partial charge in [-0.1, -0.05) is 24.3 Å². The van der Waals surface area contributed by atoms with Crippen LogP contribution in [-0.4, -0.2) is 26.0 Å². The molecule has 4 nitrogen and oxygen atoms in total. The van der Waals surface area contributed by atoms with Gasteiger partial charge >= 0.3 is 0 Å². The first kappa shape index (κ1) is 12.5. The van der Waals surface area contributed by atoms with Gasteiger partial charge in [-0.15, -0.1) is 0 Å². The third-order valence-corrected chi connectivity index (χ3v) is 3.49. The summed E-state index contributed by atoms with van der Waals surface area (Å²) in [7, 11) is 1.80. The minimum Gasteiger partial charge on any atom is -0.382 e. The van der Waals surface area contributed by atoms with Crippen molar-refractivity contribution in [1.29, 1.82) is 0 Å². The van der Waals surface area contributed by atoms with E-state index in [1.165, 1.54) is 0 Å². The quantitative estimate of drug-likeness (QED) is 0.879. The number of carbonyl (C=O) groups excluding carboxylic acids is 1. The molecule has 0 saturated heterocycles. The minimum atomic E-state index is -0.00995.